The molecule has 0 radical (unpaired) electrons. The molecule has 1 rings (SSSR count). The lowest BCUT2D eigenvalue weighted by atomic mass is 10.0. The van der Waals surface area contributed by atoms with Crippen molar-refractivity contribution in [2.45, 2.75) is 32.1 Å². The molecule has 0 saturated carbocycles. The fourth-order valence-electron chi connectivity index (χ4n) is 1.87. The largest absolute Gasteiger partial charge is 0.481 e. The van der Waals surface area contributed by atoms with Crippen LogP contribution in [0.15, 0.2) is 0 Å². The van der Waals surface area contributed by atoms with E-state index in [0.717, 1.165) is 0 Å². The summed E-state index contributed by atoms with van der Waals surface area (Å²) in [5, 5.41) is 8.56. The van der Waals surface area contributed by atoms with Gasteiger partial charge in [-0.15, -0.1) is 0 Å². The molecule has 0 aromatic heterocycles. The third kappa shape index (κ3) is 4.55. The normalized spacial score (nSPS) is 23.7. The maximum atomic E-state index is 12.8. The van der Waals surface area contributed by atoms with E-state index in [4.69, 9.17) is 5.11 Å². The van der Waals surface area contributed by atoms with Gasteiger partial charge in [0.1, 0.15) is 0 Å². The van der Waals surface area contributed by atoms with E-state index in [-0.39, 0.29) is 25.2 Å². The van der Waals surface area contributed by atoms with Crippen molar-refractivity contribution < 1.29 is 18.7 Å². The Hall–Kier alpha value is -0.710. The number of hydrogen-bond acceptors (Lipinski definition) is 2. The van der Waals surface area contributed by atoms with Gasteiger partial charge in [-0.3, -0.25) is 4.79 Å². The highest BCUT2D eigenvalue weighted by Gasteiger charge is 2.34. The third-order valence-corrected chi connectivity index (χ3v) is 2.68. The molecule has 1 unspecified atom stereocenters. The second-order valence-corrected chi connectivity index (χ2v) is 4.36. The summed E-state index contributed by atoms with van der Waals surface area (Å²) in [6.45, 7) is 3.18. The Morgan fingerprint density at radius 2 is 2.00 bits per heavy atom. The Morgan fingerprint density at radius 1 is 1.47 bits per heavy atom. The van der Waals surface area contributed by atoms with E-state index in [1.807, 2.05) is 11.8 Å². The zero-order valence-corrected chi connectivity index (χ0v) is 8.88. The summed E-state index contributed by atoms with van der Waals surface area (Å²) in [5.41, 5.74) is 0. The summed E-state index contributed by atoms with van der Waals surface area (Å²) >= 11 is 0. The number of halogens is 2. The van der Waals surface area contributed by atoms with Gasteiger partial charge >= 0.3 is 5.97 Å². The molecule has 0 amide bonds. The Labute approximate surface area is 88.1 Å². The Bertz CT molecular complexity index is 223. The number of alkyl halides is 2. The van der Waals surface area contributed by atoms with E-state index < -0.39 is 11.9 Å². The second-order valence-electron chi connectivity index (χ2n) is 4.36. The third-order valence-electron chi connectivity index (χ3n) is 2.68. The number of carbonyl (C=O) groups is 1. The van der Waals surface area contributed by atoms with Crippen molar-refractivity contribution in [3.63, 3.8) is 0 Å². The van der Waals surface area contributed by atoms with Crippen LogP contribution in [0.4, 0.5) is 8.78 Å². The molecule has 0 bridgehead atoms. The minimum atomic E-state index is -2.52. The first-order valence-electron chi connectivity index (χ1n) is 5.21. The van der Waals surface area contributed by atoms with Crippen molar-refractivity contribution in [3.8, 4) is 0 Å². The highest BCUT2D eigenvalue weighted by atomic mass is 19.3. The van der Waals surface area contributed by atoms with E-state index >= 15 is 0 Å². The highest BCUT2D eigenvalue weighted by molar-refractivity contribution is 5.66. The van der Waals surface area contributed by atoms with Gasteiger partial charge in [-0.25, -0.2) is 8.78 Å². The maximum Gasteiger partial charge on any atom is 0.303 e. The van der Waals surface area contributed by atoms with Crippen LogP contribution < -0.4 is 0 Å². The first-order valence-corrected chi connectivity index (χ1v) is 5.21. The lowest BCUT2D eigenvalue weighted by Crippen LogP contribution is -2.41. The second kappa shape index (κ2) is 4.88. The van der Waals surface area contributed by atoms with Crippen LogP contribution in [0.1, 0.15) is 26.2 Å². The molecule has 15 heavy (non-hydrogen) atoms. The van der Waals surface area contributed by atoms with Crippen LogP contribution in [-0.4, -0.2) is 41.5 Å². The van der Waals surface area contributed by atoms with Gasteiger partial charge in [0.05, 0.1) is 0 Å². The maximum absolute atomic E-state index is 12.8. The fraction of sp³-hybridized carbons (Fsp3) is 0.900. The molecule has 0 aromatic rings. The number of carboxylic acid groups (broad SMARTS) is 1. The molecular weight excluding hydrogens is 204 g/mol. The van der Waals surface area contributed by atoms with E-state index in [1.54, 1.807) is 0 Å². The van der Waals surface area contributed by atoms with Crippen molar-refractivity contribution in [2.75, 3.05) is 19.6 Å². The van der Waals surface area contributed by atoms with Crippen molar-refractivity contribution in [3.05, 3.63) is 0 Å². The number of nitrogens with zero attached hydrogens (tertiary/aromatic N) is 1. The van der Waals surface area contributed by atoms with Crippen LogP contribution in [0.25, 0.3) is 0 Å². The van der Waals surface area contributed by atoms with Crippen LogP contribution in [0.3, 0.4) is 0 Å². The van der Waals surface area contributed by atoms with Gasteiger partial charge in [0.15, 0.2) is 0 Å². The average Bonchev–Trinajstić information content (AvgIpc) is 2.07. The minimum Gasteiger partial charge on any atom is -0.481 e. The molecular formula is C10H17F2NO2. The molecule has 1 fully saturated rings. The summed E-state index contributed by atoms with van der Waals surface area (Å²) in [6, 6.07) is 0. The zero-order valence-electron chi connectivity index (χ0n) is 8.88. The number of rotatable bonds is 4. The summed E-state index contributed by atoms with van der Waals surface area (Å²) in [4.78, 5) is 12.3. The van der Waals surface area contributed by atoms with Crippen LogP contribution in [0.2, 0.25) is 0 Å². The molecule has 1 atom stereocenters. The molecule has 3 nitrogen and oxygen atoms in total. The standard InChI is InChI=1S/C10H17F2NO2/c1-8(6-9(14)15)7-13-4-2-10(11,12)3-5-13/h8H,2-7H2,1H3,(H,14,15). The Kier molecular flexibility index (Phi) is 4.02. The lowest BCUT2D eigenvalue weighted by molar-refractivity contribution is -0.138. The predicted octanol–water partition coefficient (Wildman–Crippen LogP) is 1.83. The quantitative estimate of drug-likeness (QED) is 0.787. The Balaban J connectivity index is 2.26. The molecule has 1 N–H and O–H groups in total. The summed E-state index contributed by atoms with van der Waals surface area (Å²) in [5.74, 6) is -3.33. The number of hydrogen-bond donors (Lipinski definition) is 1. The van der Waals surface area contributed by atoms with Crippen LogP contribution >= 0.6 is 0 Å². The van der Waals surface area contributed by atoms with Gasteiger partial charge in [-0.2, -0.15) is 0 Å². The van der Waals surface area contributed by atoms with Crippen LogP contribution in [0, 0.1) is 5.92 Å². The van der Waals surface area contributed by atoms with Gasteiger partial charge in [-0.05, 0) is 5.92 Å². The molecule has 1 heterocycles. The predicted molar refractivity (Wildman–Crippen MR) is 52.0 cm³/mol. The molecule has 1 aliphatic heterocycles. The average molecular weight is 221 g/mol. The number of likely N-dealkylation sites (tertiary alicyclic amines) is 1. The highest BCUT2D eigenvalue weighted by Crippen LogP contribution is 2.28. The molecule has 1 saturated heterocycles. The number of carboxylic acids is 1. The van der Waals surface area contributed by atoms with E-state index in [2.05, 4.69) is 0 Å². The topological polar surface area (TPSA) is 40.5 Å². The molecule has 88 valence electrons. The smallest absolute Gasteiger partial charge is 0.303 e. The lowest BCUT2D eigenvalue weighted by Gasteiger charge is -2.33. The van der Waals surface area contributed by atoms with E-state index in [0.29, 0.717) is 19.6 Å². The first-order chi connectivity index (χ1) is 6.89. The van der Waals surface area contributed by atoms with Crippen molar-refractivity contribution in [1.82, 2.24) is 4.90 Å². The van der Waals surface area contributed by atoms with E-state index in [9.17, 15) is 13.6 Å². The SMILES string of the molecule is CC(CC(=O)O)CN1CCC(F)(F)CC1. The summed E-state index contributed by atoms with van der Waals surface area (Å²) in [7, 11) is 0. The van der Waals surface area contributed by atoms with Gasteiger partial charge in [0.25, 0.3) is 5.92 Å². The Morgan fingerprint density at radius 3 is 2.47 bits per heavy atom. The van der Waals surface area contributed by atoms with E-state index in [1.165, 1.54) is 0 Å². The first kappa shape index (κ1) is 12.4. The van der Waals surface area contributed by atoms with Crippen molar-refractivity contribution >= 4 is 5.97 Å². The van der Waals surface area contributed by atoms with Gasteiger partial charge in [-0.1, -0.05) is 6.92 Å². The number of aliphatic carboxylic acids is 1. The minimum absolute atomic E-state index is 0.0224. The molecule has 5 heteroatoms. The molecule has 0 aliphatic carbocycles. The van der Waals surface area contributed by atoms with Crippen molar-refractivity contribution in [2.24, 2.45) is 5.92 Å². The molecule has 0 spiro atoms. The summed E-state index contributed by atoms with van der Waals surface area (Å²) in [6.07, 6.45) is -0.105. The molecule has 1 aliphatic rings. The van der Waals surface area contributed by atoms with Crippen LogP contribution in [0.5, 0.6) is 0 Å². The van der Waals surface area contributed by atoms with Crippen LogP contribution in [-0.2, 0) is 4.79 Å². The van der Waals surface area contributed by atoms with Gasteiger partial charge in [0.2, 0.25) is 0 Å². The number of piperidine rings is 1. The summed E-state index contributed by atoms with van der Waals surface area (Å²) < 4.78 is 25.6. The monoisotopic (exact) mass is 221 g/mol. The zero-order chi connectivity index (χ0) is 11.5. The van der Waals surface area contributed by atoms with Gasteiger partial charge < -0.3 is 10.0 Å². The molecule has 0 aromatic carbocycles. The van der Waals surface area contributed by atoms with Crippen molar-refractivity contribution in [1.29, 1.82) is 0 Å². The fourth-order valence-corrected chi connectivity index (χ4v) is 1.87. The van der Waals surface area contributed by atoms with Gasteiger partial charge in [0, 0.05) is 38.9 Å².